The lowest BCUT2D eigenvalue weighted by Crippen LogP contribution is -2.20. The Morgan fingerprint density at radius 2 is 1.36 bits per heavy atom. The van der Waals surface area contributed by atoms with Crippen LogP contribution in [-0.4, -0.2) is 23.7 Å². The Morgan fingerprint density at radius 1 is 0.727 bits per heavy atom. The quantitative estimate of drug-likeness (QED) is 0.535. The van der Waals surface area contributed by atoms with E-state index in [1.165, 1.54) is 30.4 Å². The largest absolute Gasteiger partial charge is 0.289 e. The molecule has 0 saturated heterocycles. The van der Waals surface area contributed by atoms with Crippen LogP contribution in [0, 0.1) is 0 Å². The molecule has 1 aliphatic carbocycles. The normalized spacial score (nSPS) is 11.8. The summed E-state index contributed by atoms with van der Waals surface area (Å²) in [5.41, 5.74) is 0.398. The maximum absolute atomic E-state index is 12.6. The van der Waals surface area contributed by atoms with Crippen molar-refractivity contribution in [1.29, 1.82) is 0 Å². The number of isocyanates is 2. The third-order valence-corrected chi connectivity index (χ3v) is 3.37. The molecule has 0 radical (unpaired) electrons. The van der Waals surface area contributed by atoms with Crippen LogP contribution in [0.3, 0.4) is 0 Å². The molecule has 0 heterocycles. The molecule has 0 fully saturated rings. The Hall–Kier alpha value is -3.46. The van der Waals surface area contributed by atoms with E-state index in [-0.39, 0.29) is 39.4 Å². The van der Waals surface area contributed by atoms with Crippen LogP contribution in [0.4, 0.5) is 11.4 Å². The fourth-order valence-electron chi connectivity index (χ4n) is 2.46. The lowest BCUT2D eigenvalue weighted by molar-refractivity contribution is 0.0979. The van der Waals surface area contributed by atoms with Gasteiger partial charge in [0.15, 0.2) is 11.6 Å². The highest BCUT2D eigenvalue weighted by molar-refractivity contribution is 6.30. The van der Waals surface area contributed by atoms with Gasteiger partial charge < -0.3 is 0 Å². The molecule has 2 aromatic carbocycles. The Labute approximate surface area is 123 Å². The summed E-state index contributed by atoms with van der Waals surface area (Å²) in [5, 5.41) is 0. The van der Waals surface area contributed by atoms with Crippen molar-refractivity contribution in [1.82, 2.24) is 0 Å². The zero-order chi connectivity index (χ0) is 15.7. The zero-order valence-electron chi connectivity index (χ0n) is 11.0. The van der Waals surface area contributed by atoms with Crippen LogP contribution in [0.5, 0.6) is 0 Å². The molecule has 3 rings (SSSR count). The molecular weight excluding hydrogens is 284 g/mol. The number of nitrogens with zero attached hydrogens (tertiary/aromatic N) is 2. The molecule has 0 unspecified atom stereocenters. The maximum Gasteiger partial charge on any atom is 0.240 e. The van der Waals surface area contributed by atoms with E-state index in [4.69, 9.17) is 0 Å². The van der Waals surface area contributed by atoms with Crippen LogP contribution in [0.1, 0.15) is 31.8 Å². The smallest absolute Gasteiger partial charge is 0.240 e. The molecule has 6 nitrogen and oxygen atoms in total. The van der Waals surface area contributed by atoms with Gasteiger partial charge in [-0.25, -0.2) is 9.59 Å². The van der Waals surface area contributed by atoms with Crippen LogP contribution in [0.25, 0.3) is 0 Å². The monoisotopic (exact) mass is 290 g/mol. The lowest BCUT2D eigenvalue weighted by atomic mass is 9.83. The minimum atomic E-state index is -0.456. The molecule has 0 amide bonds. The SMILES string of the molecule is O=C=Nc1ccc2c(c1N=C=O)C(=O)c1ccccc1C2=O. The van der Waals surface area contributed by atoms with Crippen LogP contribution in [-0.2, 0) is 9.59 Å². The number of carbonyl (C=O) groups excluding carboxylic acids is 4. The van der Waals surface area contributed by atoms with Crippen LogP contribution in [0.15, 0.2) is 46.4 Å². The Balaban J connectivity index is 2.40. The van der Waals surface area contributed by atoms with E-state index >= 15 is 0 Å². The van der Waals surface area contributed by atoms with Gasteiger partial charge in [-0.05, 0) is 12.1 Å². The molecule has 22 heavy (non-hydrogen) atoms. The number of benzene rings is 2. The number of ketones is 2. The molecule has 0 atom stereocenters. The summed E-state index contributed by atoms with van der Waals surface area (Å²) in [6.07, 6.45) is 2.64. The van der Waals surface area contributed by atoms with Gasteiger partial charge in [-0.2, -0.15) is 9.98 Å². The minimum Gasteiger partial charge on any atom is -0.289 e. The first-order valence-corrected chi connectivity index (χ1v) is 6.20. The van der Waals surface area contributed by atoms with Crippen molar-refractivity contribution in [3.8, 4) is 0 Å². The highest BCUT2D eigenvalue weighted by atomic mass is 16.1. The van der Waals surface area contributed by atoms with Gasteiger partial charge in [0, 0.05) is 16.7 Å². The van der Waals surface area contributed by atoms with E-state index in [0.717, 1.165) is 0 Å². The summed E-state index contributed by atoms with van der Waals surface area (Å²) < 4.78 is 0. The third kappa shape index (κ3) is 1.84. The van der Waals surface area contributed by atoms with Gasteiger partial charge in [0.1, 0.15) is 11.4 Å². The lowest BCUT2D eigenvalue weighted by Gasteiger charge is -2.18. The zero-order valence-corrected chi connectivity index (χ0v) is 11.0. The van der Waals surface area contributed by atoms with Crippen molar-refractivity contribution in [2.24, 2.45) is 9.98 Å². The maximum atomic E-state index is 12.6. The van der Waals surface area contributed by atoms with Gasteiger partial charge in [-0.3, -0.25) is 9.59 Å². The predicted octanol–water partition coefficient (Wildman–Crippen LogP) is 2.40. The van der Waals surface area contributed by atoms with Gasteiger partial charge in [-0.15, -0.1) is 0 Å². The highest BCUT2D eigenvalue weighted by Crippen LogP contribution is 2.39. The molecular formula is C16H6N2O4. The van der Waals surface area contributed by atoms with E-state index in [1.54, 1.807) is 18.2 Å². The molecule has 0 aliphatic heterocycles. The summed E-state index contributed by atoms with van der Waals surface area (Å²) >= 11 is 0. The predicted molar refractivity (Wildman–Crippen MR) is 75.3 cm³/mol. The molecule has 0 bridgehead atoms. The van der Waals surface area contributed by atoms with Crippen LogP contribution in [0.2, 0.25) is 0 Å². The van der Waals surface area contributed by atoms with E-state index in [1.807, 2.05) is 0 Å². The Kier molecular flexibility index (Phi) is 3.16. The molecule has 104 valence electrons. The fourth-order valence-corrected chi connectivity index (χ4v) is 2.46. The fraction of sp³-hybridized carbons (Fsp3) is 0. The summed E-state index contributed by atoms with van der Waals surface area (Å²) in [6, 6.07) is 9.07. The first-order chi connectivity index (χ1) is 10.7. The number of carbonyl (C=O) groups is 2. The molecule has 2 aromatic rings. The van der Waals surface area contributed by atoms with Crippen LogP contribution < -0.4 is 0 Å². The van der Waals surface area contributed by atoms with Gasteiger partial charge in [-0.1, -0.05) is 24.3 Å². The summed E-state index contributed by atoms with van der Waals surface area (Å²) in [5.74, 6) is -0.809. The van der Waals surface area contributed by atoms with Crippen molar-refractivity contribution < 1.29 is 19.2 Å². The van der Waals surface area contributed by atoms with E-state index in [0.29, 0.717) is 0 Å². The van der Waals surface area contributed by atoms with E-state index in [9.17, 15) is 19.2 Å². The van der Waals surface area contributed by atoms with Crippen molar-refractivity contribution in [2.45, 2.75) is 0 Å². The molecule has 0 spiro atoms. The average molecular weight is 290 g/mol. The minimum absolute atomic E-state index is 0.0161. The summed E-state index contributed by atoms with van der Waals surface area (Å²) in [7, 11) is 0. The number of hydrogen-bond donors (Lipinski definition) is 0. The number of rotatable bonds is 2. The molecule has 1 aliphatic rings. The molecule has 0 saturated carbocycles. The van der Waals surface area contributed by atoms with Crippen molar-refractivity contribution >= 4 is 35.1 Å². The van der Waals surface area contributed by atoms with Gasteiger partial charge in [0.05, 0.1) is 5.56 Å². The van der Waals surface area contributed by atoms with Gasteiger partial charge in [0.2, 0.25) is 12.2 Å². The van der Waals surface area contributed by atoms with Crippen LogP contribution >= 0.6 is 0 Å². The average Bonchev–Trinajstić information content (AvgIpc) is 2.54. The molecule has 0 N–H and O–H groups in total. The topological polar surface area (TPSA) is 93.0 Å². The van der Waals surface area contributed by atoms with E-state index < -0.39 is 5.78 Å². The number of fused-ring (bicyclic) bond motifs is 2. The summed E-state index contributed by atoms with van der Waals surface area (Å²) in [4.78, 5) is 53.0. The molecule has 0 aromatic heterocycles. The second kappa shape index (κ2) is 5.14. The number of hydrogen-bond acceptors (Lipinski definition) is 6. The second-order valence-corrected chi connectivity index (χ2v) is 4.47. The van der Waals surface area contributed by atoms with Crippen molar-refractivity contribution in [2.75, 3.05) is 0 Å². The highest BCUT2D eigenvalue weighted by Gasteiger charge is 2.32. The van der Waals surface area contributed by atoms with Gasteiger partial charge in [0.25, 0.3) is 0 Å². The third-order valence-electron chi connectivity index (χ3n) is 3.37. The van der Waals surface area contributed by atoms with Crippen molar-refractivity contribution in [3.05, 3.63) is 58.7 Å². The Morgan fingerprint density at radius 3 is 2.00 bits per heavy atom. The Bertz CT molecular complexity index is 933. The number of aliphatic imine (C=N–C) groups is 2. The standard InChI is InChI=1S/C16H6N2O4/c19-7-17-12-6-5-11-13(14(12)18-8-20)16(22)10-4-2-1-3-9(10)15(11)21/h1-6H. The second-order valence-electron chi connectivity index (χ2n) is 4.47. The summed E-state index contributed by atoms with van der Waals surface area (Å²) in [6.45, 7) is 0. The first-order valence-electron chi connectivity index (χ1n) is 6.20. The van der Waals surface area contributed by atoms with Gasteiger partial charge >= 0.3 is 0 Å². The van der Waals surface area contributed by atoms with Crippen molar-refractivity contribution in [3.63, 3.8) is 0 Å². The molecule has 6 heteroatoms. The first kappa shape index (κ1) is 13.5. The van der Waals surface area contributed by atoms with E-state index in [2.05, 4.69) is 9.98 Å².